The minimum Gasteiger partial charge on any atom is -0.483 e. The number of fused-ring (bicyclic) bond motifs is 4. The number of amides is 1. The van der Waals surface area contributed by atoms with E-state index in [0.717, 1.165) is 47.7 Å². The molecule has 1 aromatic heterocycles. The molecule has 7 nitrogen and oxygen atoms in total. The van der Waals surface area contributed by atoms with Crippen LogP contribution in [0.1, 0.15) is 20.3 Å². The summed E-state index contributed by atoms with van der Waals surface area (Å²) in [5, 5.41) is 8.78. The number of carbonyl (C=O) groups excluding carboxylic acids is 1. The molecule has 1 unspecified atom stereocenters. The largest absolute Gasteiger partial charge is 0.483 e. The third-order valence-corrected chi connectivity index (χ3v) is 5.66. The molecule has 7 heteroatoms. The minimum absolute atomic E-state index is 0.0628. The van der Waals surface area contributed by atoms with Gasteiger partial charge in [-0.3, -0.25) is 4.79 Å². The van der Waals surface area contributed by atoms with Gasteiger partial charge in [-0.1, -0.05) is 0 Å². The molecule has 1 fully saturated rings. The van der Waals surface area contributed by atoms with Crippen molar-refractivity contribution < 1.29 is 9.53 Å². The summed E-state index contributed by atoms with van der Waals surface area (Å²) in [6, 6.07) is 6.04. The Labute approximate surface area is 145 Å². The molecule has 2 N–H and O–H groups in total. The Morgan fingerprint density at radius 2 is 2.28 bits per heavy atom. The van der Waals surface area contributed by atoms with Gasteiger partial charge >= 0.3 is 0 Å². The van der Waals surface area contributed by atoms with Crippen LogP contribution in [0.4, 0.5) is 5.69 Å². The predicted octanol–water partition coefficient (Wildman–Crippen LogP) is 1.38. The number of carbonyl (C=O) groups is 1. The number of hydrogen-bond acceptors (Lipinski definition) is 5. The summed E-state index contributed by atoms with van der Waals surface area (Å²) in [5.41, 5.74) is 4.70. The second-order valence-electron chi connectivity index (χ2n) is 7.33. The number of anilines is 1. The lowest BCUT2D eigenvalue weighted by molar-refractivity contribution is -0.122. The maximum Gasteiger partial charge on any atom is 0.262 e. The van der Waals surface area contributed by atoms with Crippen molar-refractivity contribution in [2.45, 2.75) is 31.8 Å². The fraction of sp³-hybridized carbons (Fsp3) is 0.444. The van der Waals surface area contributed by atoms with Crippen molar-refractivity contribution in [2.24, 2.45) is 5.10 Å². The van der Waals surface area contributed by atoms with Gasteiger partial charge in [-0.15, -0.1) is 0 Å². The van der Waals surface area contributed by atoms with Crippen LogP contribution in [0.25, 0.3) is 10.9 Å². The van der Waals surface area contributed by atoms with Gasteiger partial charge in [-0.05, 0) is 45.0 Å². The molecule has 4 heterocycles. The molecule has 130 valence electrons. The summed E-state index contributed by atoms with van der Waals surface area (Å²) in [7, 11) is 0. The highest BCUT2D eigenvalue weighted by atomic mass is 16.5. The molecule has 0 bridgehead atoms. The van der Waals surface area contributed by atoms with E-state index in [1.807, 2.05) is 11.8 Å². The van der Waals surface area contributed by atoms with E-state index in [1.165, 1.54) is 0 Å². The van der Waals surface area contributed by atoms with Crippen LogP contribution in [0, 0.1) is 0 Å². The van der Waals surface area contributed by atoms with E-state index < -0.39 is 0 Å². The van der Waals surface area contributed by atoms with E-state index in [9.17, 15) is 4.79 Å². The normalized spacial score (nSPS) is 28.2. The van der Waals surface area contributed by atoms with E-state index >= 15 is 0 Å². The van der Waals surface area contributed by atoms with E-state index in [-0.39, 0.29) is 17.5 Å². The van der Waals surface area contributed by atoms with Crippen molar-refractivity contribution >= 4 is 28.3 Å². The van der Waals surface area contributed by atoms with Crippen molar-refractivity contribution in [1.82, 2.24) is 15.3 Å². The van der Waals surface area contributed by atoms with Crippen LogP contribution in [0.5, 0.6) is 5.75 Å². The smallest absolute Gasteiger partial charge is 0.262 e. The van der Waals surface area contributed by atoms with Gasteiger partial charge in [0.05, 0.1) is 16.7 Å². The molecule has 0 aliphatic carbocycles. The van der Waals surface area contributed by atoms with Gasteiger partial charge in [0.25, 0.3) is 5.91 Å². The summed E-state index contributed by atoms with van der Waals surface area (Å²) in [4.78, 5) is 14.1. The number of amidine groups is 1. The Morgan fingerprint density at radius 3 is 3.08 bits per heavy atom. The summed E-state index contributed by atoms with van der Waals surface area (Å²) in [6.45, 7) is 6.53. The molecule has 25 heavy (non-hydrogen) atoms. The highest BCUT2D eigenvalue weighted by Gasteiger charge is 2.36. The Balaban J connectivity index is 1.69. The molecule has 5 rings (SSSR count). The van der Waals surface area contributed by atoms with Crippen LogP contribution >= 0.6 is 0 Å². The monoisotopic (exact) mass is 339 g/mol. The van der Waals surface area contributed by atoms with Crippen molar-refractivity contribution in [2.75, 3.05) is 24.6 Å². The molecule has 1 saturated heterocycles. The van der Waals surface area contributed by atoms with Crippen molar-refractivity contribution in [3.63, 3.8) is 0 Å². The predicted molar refractivity (Wildman–Crippen MR) is 96.1 cm³/mol. The highest BCUT2D eigenvalue weighted by molar-refractivity contribution is 6.10. The van der Waals surface area contributed by atoms with Gasteiger partial charge in [-0.2, -0.15) is 5.10 Å². The standard InChI is InChI=1S/C18H21N5O2/c1-11-17(24)21-20-16-9-25-15-7-12-3-6-22(18(2)4-5-19-10-18)13(12)8-14(15)23(11)16/h3,6-8,11,19H,4-5,9-10H2,1-2H3,(H,21,24)/t11?,18-/m1/s1. The van der Waals surface area contributed by atoms with Crippen molar-refractivity contribution in [3.8, 4) is 5.75 Å². The molecule has 3 aliphatic heterocycles. The Morgan fingerprint density at radius 1 is 1.40 bits per heavy atom. The lowest BCUT2D eigenvalue weighted by Gasteiger charge is -2.38. The molecule has 0 radical (unpaired) electrons. The molecule has 0 saturated carbocycles. The van der Waals surface area contributed by atoms with E-state index in [4.69, 9.17) is 4.74 Å². The molecule has 1 amide bonds. The van der Waals surface area contributed by atoms with Gasteiger partial charge in [0.1, 0.15) is 18.4 Å². The van der Waals surface area contributed by atoms with E-state index in [1.54, 1.807) is 0 Å². The van der Waals surface area contributed by atoms with E-state index in [0.29, 0.717) is 6.61 Å². The Hall–Kier alpha value is -2.54. The zero-order chi connectivity index (χ0) is 17.2. The second kappa shape index (κ2) is 4.98. The molecule has 0 spiro atoms. The first-order valence-electron chi connectivity index (χ1n) is 8.72. The maximum absolute atomic E-state index is 12.1. The Bertz CT molecular complexity index is 910. The number of nitrogens with zero attached hydrogens (tertiary/aromatic N) is 3. The number of nitrogens with one attached hydrogen (secondary N) is 2. The van der Waals surface area contributed by atoms with Gasteiger partial charge in [0, 0.05) is 18.1 Å². The summed E-state index contributed by atoms with van der Waals surface area (Å²) in [6.07, 6.45) is 3.25. The van der Waals surface area contributed by atoms with Gasteiger partial charge in [0.15, 0.2) is 5.84 Å². The molecular weight excluding hydrogens is 318 g/mol. The van der Waals surface area contributed by atoms with Crippen molar-refractivity contribution in [3.05, 3.63) is 24.4 Å². The van der Waals surface area contributed by atoms with Crippen LogP contribution in [0.2, 0.25) is 0 Å². The van der Waals surface area contributed by atoms with Gasteiger partial charge < -0.3 is 19.5 Å². The third kappa shape index (κ3) is 2.02. The second-order valence-corrected chi connectivity index (χ2v) is 7.33. The molecule has 1 aromatic carbocycles. The molecule has 3 aliphatic rings. The van der Waals surface area contributed by atoms with Crippen LogP contribution in [0.3, 0.4) is 0 Å². The molecule has 2 atom stereocenters. The zero-order valence-corrected chi connectivity index (χ0v) is 14.4. The van der Waals surface area contributed by atoms with Crippen LogP contribution in [-0.4, -0.2) is 42.0 Å². The number of aromatic nitrogens is 1. The maximum atomic E-state index is 12.1. The first kappa shape index (κ1) is 14.8. The number of rotatable bonds is 1. The third-order valence-electron chi connectivity index (χ3n) is 5.66. The lowest BCUT2D eigenvalue weighted by Crippen LogP contribution is -2.55. The van der Waals surface area contributed by atoms with E-state index in [2.05, 4.69) is 51.7 Å². The molecule has 2 aromatic rings. The summed E-state index contributed by atoms with van der Waals surface area (Å²) in [5.74, 6) is 1.45. The average molecular weight is 339 g/mol. The highest BCUT2D eigenvalue weighted by Crippen LogP contribution is 2.40. The fourth-order valence-corrected chi connectivity index (χ4v) is 4.13. The molecular formula is C18H21N5O2. The fourth-order valence-electron chi connectivity index (χ4n) is 4.13. The number of benzene rings is 1. The number of hydrogen-bond donors (Lipinski definition) is 2. The summed E-state index contributed by atoms with van der Waals surface area (Å²) >= 11 is 0. The first-order chi connectivity index (χ1) is 12.1. The first-order valence-corrected chi connectivity index (χ1v) is 8.72. The van der Waals surface area contributed by atoms with Gasteiger partial charge in [0.2, 0.25) is 0 Å². The lowest BCUT2D eigenvalue weighted by atomic mass is 10.0. The van der Waals surface area contributed by atoms with Crippen molar-refractivity contribution in [1.29, 1.82) is 0 Å². The SMILES string of the molecule is CC1C(=O)NN=C2COc3cc4ccn([C@]5(C)CCNC5)c4cc3N21. The van der Waals surface area contributed by atoms with Crippen LogP contribution in [-0.2, 0) is 10.3 Å². The average Bonchev–Trinajstić information content (AvgIpc) is 3.22. The van der Waals surface area contributed by atoms with Crippen LogP contribution < -0.4 is 20.4 Å². The zero-order valence-electron chi connectivity index (χ0n) is 14.4. The quantitative estimate of drug-likeness (QED) is 0.823. The number of ether oxygens (including phenoxy) is 1. The number of hydrazone groups is 1. The topological polar surface area (TPSA) is 70.9 Å². The summed E-state index contributed by atoms with van der Waals surface area (Å²) < 4.78 is 8.25. The van der Waals surface area contributed by atoms with Gasteiger partial charge in [-0.25, -0.2) is 5.43 Å². The Kier molecular flexibility index (Phi) is 2.94. The minimum atomic E-state index is -0.306. The van der Waals surface area contributed by atoms with Crippen LogP contribution in [0.15, 0.2) is 29.5 Å².